The first-order chi connectivity index (χ1) is 24.3. The van der Waals surface area contributed by atoms with Crippen molar-refractivity contribution in [1.82, 2.24) is 14.1 Å². The van der Waals surface area contributed by atoms with Crippen LogP contribution in [0.3, 0.4) is 0 Å². The maximum absolute atomic E-state index is 16.0. The second kappa shape index (κ2) is 11.2. The molecule has 3 nitrogen and oxygen atoms in total. The summed E-state index contributed by atoms with van der Waals surface area (Å²) in [4.78, 5) is 5.03. The van der Waals surface area contributed by atoms with Gasteiger partial charge in [-0.3, -0.25) is 0 Å². The van der Waals surface area contributed by atoms with Gasteiger partial charge in [-0.05, 0) is 73.5 Å². The van der Waals surface area contributed by atoms with Crippen LogP contribution in [-0.2, 0) is 6.18 Å². The molecule has 0 N–H and O–H groups in total. The molecule has 6 aromatic carbocycles. The summed E-state index contributed by atoms with van der Waals surface area (Å²) in [5.41, 5.74) is 6.96. The lowest BCUT2D eigenvalue weighted by Crippen LogP contribution is -2.16. The molecule has 0 aliphatic rings. The molecule has 0 saturated carbocycles. The zero-order valence-corrected chi connectivity index (χ0v) is 27.3. The van der Waals surface area contributed by atoms with E-state index < -0.39 is 11.7 Å². The SMILES string of the molecule is Cc1ccc2c3ccccc3n(-c3cc(-c4cccc(-c5ccccc5)n4)cc(-n4c5ccccc5c5ccc(C)cc54)c3C(F)(F)F)c2c1. The Bertz CT molecular complexity index is 2630. The van der Waals surface area contributed by atoms with Crippen molar-refractivity contribution in [1.29, 1.82) is 0 Å². The molecular formula is C44H30F3N3. The average molecular weight is 658 g/mol. The van der Waals surface area contributed by atoms with Gasteiger partial charge in [0.2, 0.25) is 0 Å². The van der Waals surface area contributed by atoms with Gasteiger partial charge < -0.3 is 9.13 Å². The van der Waals surface area contributed by atoms with E-state index in [0.29, 0.717) is 33.3 Å². The molecule has 0 bridgehead atoms. The predicted octanol–water partition coefficient (Wildman–Crippen LogP) is 12.2. The van der Waals surface area contributed by atoms with E-state index in [9.17, 15) is 0 Å². The number of aromatic nitrogens is 3. The smallest absolute Gasteiger partial charge is 0.309 e. The zero-order chi connectivity index (χ0) is 34.1. The van der Waals surface area contributed by atoms with Crippen molar-refractivity contribution in [2.75, 3.05) is 0 Å². The Morgan fingerprint density at radius 2 is 0.900 bits per heavy atom. The van der Waals surface area contributed by atoms with Gasteiger partial charge in [0.1, 0.15) is 5.56 Å². The molecule has 0 spiro atoms. The summed E-state index contributed by atoms with van der Waals surface area (Å²) in [5.74, 6) is 0. The van der Waals surface area contributed by atoms with E-state index in [1.54, 1.807) is 21.3 Å². The highest BCUT2D eigenvalue weighted by Crippen LogP contribution is 2.46. The van der Waals surface area contributed by atoms with Gasteiger partial charge >= 0.3 is 6.18 Å². The maximum Gasteiger partial charge on any atom is 0.420 e. The molecule has 9 rings (SSSR count). The Hall–Kier alpha value is -6.14. The van der Waals surface area contributed by atoms with Crippen molar-refractivity contribution >= 4 is 43.6 Å². The molecule has 0 fully saturated rings. The standard InChI is InChI=1S/C44H30F3N3/c1-27-19-21-33-31-13-6-8-17-37(31)49(39(33)23-27)41-25-30(36-16-10-15-35(48-36)29-11-4-3-5-12-29)26-42(43(41)44(45,46)47)50-38-18-9-7-14-32(38)34-22-20-28(2)24-40(34)50/h3-26H,1-2H3. The summed E-state index contributed by atoms with van der Waals surface area (Å²) < 4.78 is 51.7. The van der Waals surface area contributed by atoms with Gasteiger partial charge in [0.15, 0.2) is 0 Å². The monoisotopic (exact) mass is 657 g/mol. The number of benzene rings is 6. The molecule has 0 aliphatic heterocycles. The van der Waals surface area contributed by atoms with Gasteiger partial charge in [-0.25, -0.2) is 4.98 Å². The van der Waals surface area contributed by atoms with Crippen molar-refractivity contribution in [3.05, 3.63) is 162 Å². The van der Waals surface area contributed by atoms with Gasteiger partial charge in [-0.2, -0.15) is 13.2 Å². The Morgan fingerprint density at radius 3 is 1.42 bits per heavy atom. The highest BCUT2D eigenvalue weighted by atomic mass is 19.4. The van der Waals surface area contributed by atoms with Gasteiger partial charge in [-0.1, -0.05) is 97.1 Å². The first kappa shape index (κ1) is 30.0. The predicted molar refractivity (Wildman–Crippen MR) is 198 cm³/mol. The second-order valence-electron chi connectivity index (χ2n) is 12.9. The van der Waals surface area contributed by atoms with E-state index >= 15 is 13.2 Å². The molecule has 0 saturated heterocycles. The molecule has 3 heterocycles. The summed E-state index contributed by atoms with van der Waals surface area (Å²) in [6.45, 7) is 3.93. The second-order valence-corrected chi connectivity index (χ2v) is 12.9. The van der Waals surface area contributed by atoms with Crippen LogP contribution in [0.5, 0.6) is 0 Å². The van der Waals surface area contributed by atoms with E-state index in [2.05, 4.69) is 0 Å². The number of alkyl halides is 3. The summed E-state index contributed by atoms with van der Waals surface area (Å²) in [6.07, 6.45) is -4.72. The van der Waals surface area contributed by atoms with E-state index in [1.165, 1.54) is 0 Å². The van der Waals surface area contributed by atoms with Crippen molar-refractivity contribution in [3.8, 4) is 33.9 Å². The molecule has 50 heavy (non-hydrogen) atoms. The van der Waals surface area contributed by atoms with E-state index in [1.807, 2.05) is 147 Å². The van der Waals surface area contributed by atoms with Crippen molar-refractivity contribution in [2.24, 2.45) is 0 Å². The fraction of sp³-hybridized carbons (Fsp3) is 0.0682. The van der Waals surface area contributed by atoms with E-state index in [-0.39, 0.29) is 11.4 Å². The Morgan fingerprint density at radius 1 is 0.440 bits per heavy atom. The average Bonchev–Trinajstić information content (AvgIpc) is 3.62. The number of hydrogen-bond acceptors (Lipinski definition) is 1. The van der Waals surface area contributed by atoms with Crippen LogP contribution in [0, 0.1) is 13.8 Å². The number of fused-ring (bicyclic) bond motifs is 6. The van der Waals surface area contributed by atoms with E-state index in [0.717, 1.165) is 43.9 Å². The molecular weight excluding hydrogens is 627 g/mol. The van der Waals surface area contributed by atoms with Gasteiger partial charge in [0.25, 0.3) is 0 Å². The molecule has 0 radical (unpaired) electrons. The van der Waals surface area contributed by atoms with Crippen LogP contribution in [0.15, 0.2) is 146 Å². The van der Waals surface area contributed by atoms with E-state index in [4.69, 9.17) is 4.98 Å². The molecule has 0 aliphatic carbocycles. The van der Waals surface area contributed by atoms with Crippen LogP contribution < -0.4 is 0 Å². The van der Waals surface area contributed by atoms with Crippen LogP contribution in [0.25, 0.3) is 77.5 Å². The van der Waals surface area contributed by atoms with Gasteiger partial charge in [0, 0.05) is 32.7 Å². The highest BCUT2D eigenvalue weighted by molar-refractivity contribution is 6.11. The van der Waals surface area contributed by atoms with Crippen molar-refractivity contribution in [3.63, 3.8) is 0 Å². The lowest BCUT2D eigenvalue weighted by atomic mass is 10.0. The molecule has 9 aromatic rings. The van der Waals surface area contributed by atoms with Crippen molar-refractivity contribution < 1.29 is 13.2 Å². The summed E-state index contributed by atoms with van der Waals surface area (Å²) in [7, 11) is 0. The number of hydrogen-bond donors (Lipinski definition) is 0. The van der Waals surface area contributed by atoms with Crippen LogP contribution in [0.4, 0.5) is 13.2 Å². The number of nitrogens with zero attached hydrogens (tertiary/aromatic N) is 3. The number of para-hydroxylation sites is 2. The van der Waals surface area contributed by atoms with Crippen LogP contribution in [0.1, 0.15) is 16.7 Å². The van der Waals surface area contributed by atoms with Gasteiger partial charge in [0.05, 0.1) is 44.8 Å². The molecule has 0 atom stereocenters. The highest BCUT2D eigenvalue weighted by Gasteiger charge is 2.39. The minimum absolute atomic E-state index is 0.0484. The summed E-state index contributed by atoms with van der Waals surface area (Å²) in [5, 5.41) is 3.56. The fourth-order valence-corrected chi connectivity index (χ4v) is 7.45. The molecule has 0 unspecified atom stereocenters. The third-order valence-electron chi connectivity index (χ3n) is 9.63. The zero-order valence-electron chi connectivity index (χ0n) is 27.3. The van der Waals surface area contributed by atoms with Gasteiger partial charge in [-0.15, -0.1) is 0 Å². The quantitative estimate of drug-likeness (QED) is 0.185. The molecule has 6 heteroatoms. The Labute approximate surface area is 286 Å². The third-order valence-corrected chi connectivity index (χ3v) is 9.63. The van der Waals surface area contributed by atoms with Crippen LogP contribution in [-0.4, -0.2) is 14.1 Å². The molecule has 0 amide bonds. The number of rotatable bonds is 4. The maximum atomic E-state index is 16.0. The molecule has 3 aromatic heterocycles. The lowest BCUT2D eigenvalue weighted by Gasteiger charge is -2.23. The largest absolute Gasteiger partial charge is 0.420 e. The summed E-state index contributed by atoms with van der Waals surface area (Å²) in [6, 6.07) is 46.2. The molecule has 242 valence electrons. The normalized spacial score (nSPS) is 12.1. The Balaban J connectivity index is 1.47. The number of aryl methyl sites for hydroxylation is 2. The first-order valence-corrected chi connectivity index (χ1v) is 16.5. The third kappa shape index (κ3) is 4.71. The minimum Gasteiger partial charge on any atom is -0.309 e. The van der Waals surface area contributed by atoms with Crippen molar-refractivity contribution in [2.45, 2.75) is 20.0 Å². The van der Waals surface area contributed by atoms with Crippen LogP contribution in [0.2, 0.25) is 0 Å². The first-order valence-electron chi connectivity index (χ1n) is 16.5. The fourth-order valence-electron chi connectivity index (χ4n) is 7.45. The minimum atomic E-state index is -4.72. The topological polar surface area (TPSA) is 22.8 Å². The summed E-state index contributed by atoms with van der Waals surface area (Å²) >= 11 is 0. The number of pyridine rings is 1. The Kier molecular flexibility index (Phi) is 6.71. The van der Waals surface area contributed by atoms with Crippen LogP contribution >= 0.6 is 0 Å². The number of halogens is 3. The lowest BCUT2D eigenvalue weighted by molar-refractivity contribution is -0.137.